The highest BCUT2D eigenvalue weighted by atomic mass is 35.5. The zero-order valence-corrected chi connectivity index (χ0v) is 8.25. The lowest BCUT2D eigenvalue weighted by atomic mass is 10.0. The van der Waals surface area contributed by atoms with Crippen LogP contribution in [0.3, 0.4) is 0 Å². The van der Waals surface area contributed by atoms with Crippen LogP contribution in [0.4, 0.5) is 0 Å². The topological polar surface area (TPSA) is 12.9 Å². The van der Waals surface area contributed by atoms with E-state index in [1.54, 1.807) is 0 Å². The van der Waals surface area contributed by atoms with Gasteiger partial charge in [-0.1, -0.05) is 13.0 Å². The molecular weight excluding hydrogens is 170 g/mol. The summed E-state index contributed by atoms with van der Waals surface area (Å²) in [6.07, 6.45) is 2.78. The third kappa shape index (κ3) is 2.82. The SMILES string of the molecule is CC(Cl)C(C)Cc1ccccn1. The zero-order chi connectivity index (χ0) is 8.97. The predicted molar refractivity (Wildman–Crippen MR) is 52.4 cm³/mol. The Morgan fingerprint density at radius 1 is 1.42 bits per heavy atom. The van der Waals surface area contributed by atoms with Gasteiger partial charge in [0.1, 0.15) is 0 Å². The largest absolute Gasteiger partial charge is 0.261 e. The summed E-state index contributed by atoms with van der Waals surface area (Å²) >= 11 is 5.95. The molecule has 0 fully saturated rings. The standard InChI is InChI=1S/C10H14ClN/c1-8(9(2)11)7-10-5-3-4-6-12-10/h3-6,8-9H,7H2,1-2H3. The van der Waals surface area contributed by atoms with Gasteiger partial charge in [0.15, 0.2) is 0 Å². The highest BCUT2D eigenvalue weighted by Gasteiger charge is 2.09. The monoisotopic (exact) mass is 183 g/mol. The number of hydrogen-bond acceptors (Lipinski definition) is 1. The smallest absolute Gasteiger partial charge is 0.0406 e. The van der Waals surface area contributed by atoms with E-state index >= 15 is 0 Å². The predicted octanol–water partition coefficient (Wildman–Crippen LogP) is 2.89. The minimum Gasteiger partial charge on any atom is -0.261 e. The van der Waals surface area contributed by atoms with Gasteiger partial charge in [-0.2, -0.15) is 0 Å². The van der Waals surface area contributed by atoms with Gasteiger partial charge >= 0.3 is 0 Å². The van der Waals surface area contributed by atoms with Crippen molar-refractivity contribution in [1.82, 2.24) is 4.98 Å². The third-order valence-electron chi connectivity index (χ3n) is 2.04. The Kier molecular flexibility index (Phi) is 3.54. The Labute approximate surface area is 78.8 Å². The highest BCUT2D eigenvalue weighted by Crippen LogP contribution is 2.14. The van der Waals surface area contributed by atoms with Gasteiger partial charge in [0, 0.05) is 17.3 Å². The molecule has 0 radical (unpaired) electrons. The van der Waals surface area contributed by atoms with Gasteiger partial charge in [-0.25, -0.2) is 0 Å². The molecule has 2 atom stereocenters. The van der Waals surface area contributed by atoms with Crippen molar-refractivity contribution in [2.45, 2.75) is 25.6 Å². The van der Waals surface area contributed by atoms with Gasteiger partial charge in [0.05, 0.1) is 0 Å². The number of aromatic nitrogens is 1. The summed E-state index contributed by atoms with van der Waals surface area (Å²) in [6.45, 7) is 4.17. The summed E-state index contributed by atoms with van der Waals surface area (Å²) in [5.74, 6) is 0.488. The fourth-order valence-electron chi connectivity index (χ4n) is 1.01. The minimum absolute atomic E-state index is 0.215. The zero-order valence-electron chi connectivity index (χ0n) is 7.50. The van der Waals surface area contributed by atoms with Crippen LogP contribution in [0.25, 0.3) is 0 Å². The maximum absolute atomic E-state index is 5.95. The molecule has 0 saturated heterocycles. The molecule has 0 spiro atoms. The Hall–Kier alpha value is -0.560. The van der Waals surface area contributed by atoms with Crippen LogP contribution in [0.5, 0.6) is 0 Å². The van der Waals surface area contributed by atoms with Crippen molar-refractivity contribution >= 4 is 11.6 Å². The Morgan fingerprint density at radius 3 is 2.67 bits per heavy atom. The van der Waals surface area contributed by atoms with Crippen LogP contribution >= 0.6 is 11.6 Å². The van der Waals surface area contributed by atoms with Crippen LogP contribution in [0.1, 0.15) is 19.5 Å². The van der Waals surface area contributed by atoms with Gasteiger partial charge in [-0.05, 0) is 31.4 Å². The molecule has 1 aromatic heterocycles. The van der Waals surface area contributed by atoms with Crippen LogP contribution in [0, 0.1) is 5.92 Å². The molecule has 66 valence electrons. The lowest BCUT2D eigenvalue weighted by Crippen LogP contribution is -2.10. The molecule has 2 heteroatoms. The molecule has 0 aromatic carbocycles. The average Bonchev–Trinajstić information content (AvgIpc) is 2.06. The molecule has 0 amide bonds. The molecule has 2 unspecified atom stereocenters. The molecule has 1 aromatic rings. The normalized spacial score (nSPS) is 15.6. The number of alkyl halides is 1. The molecular formula is C10H14ClN. The molecule has 0 aliphatic rings. The van der Waals surface area contributed by atoms with Gasteiger partial charge in [0.2, 0.25) is 0 Å². The van der Waals surface area contributed by atoms with E-state index < -0.39 is 0 Å². The summed E-state index contributed by atoms with van der Waals surface area (Å²) in [4.78, 5) is 4.24. The Bertz CT molecular complexity index is 221. The number of pyridine rings is 1. The number of hydrogen-bond donors (Lipinski definition) is 0. The van der Waals surface area contributed by atoms with E-state index in [0.717, 1.165) is 12.1 Å². The summed E-state index contributed by atoms with van der Waals surface area (Å²) in [5.41, 5.74) is 1.12. The van der Waals surface area contributed by atoms with Crippen molar-refractivity contribution in [1.29, 1.82) is 0 Å². The lowest BCUT2D eigenvalue weighted by molar-refractivity contribution is 0.560. The average molecular weight is 184 g/mol. The van der Waals surface area contributed by atoms with Crippen molar-refractivity contribution in [2.24, 2.45) is 5.92 Å². The maximum atomic E-state index is 5.95. The van der Waals surface area contributed by atoms with Crippen molar-refractivity contribution in [3.63, 3.8) is 0 Å². The van der Waals surface area contributed by atoms with Crippen LogP contribution in [0.2, 0.25) is 0 Å². The lowest BCUT2D eigenvalue weighted by Gasteiger charge is -2.12. The van der Waals surface area contributed by atoms with E-state index in [0.29, 0.717) is 5.92 Å². The van der Waals surface area contributed by atoms with E-state index in [1.807, 2.05) is 31.3 Å². The van der Waals surface area contributed by atoms with Gasteiger partial charge in [0.25, 0.3) is 0 Å². The second-order valence-electron chi connectivity index (χ2n) is 3.18. The quantitative estimate of drug-likeness (QED) is 0.657. The summed E-state index contributed by atoms with van der Waals surface area (Å²) in [5, 5.41) is 0.215. The molecule has 1 rings (SSSR count). The minimum atomic E-state index is 0.215. The fourth-order valence-corrected chi connectivity index (χ4v) is 1.10. The van der Waals surface area contributed by atoms with Crippen molar-refractivity contribution < 1.29 is 0 Å². The van der Waals surface area contributed by atoms with E-state index in [-0.39, 0.29) is 5.38 Å². The molecule has 0 saturated carbocycles. The first-order chi connectivity index (χ1) is 5.70. The highest BCUT2D eigenvalue weighted by molar-refractivity contribution is 6.20. The number of nitrogens with zero attached hydrogens (tertiary/aromatic N) is 1. The van der Waals surface area contributed by atoms with E-state index in [9.17, 15) is 0 Å². The van der Waals surface area contributed by atoms with Crippen LogP contribution < -0.4 is 0 Å². The van der Waals surface area contributed by atoms with Crippen LogP contribution in [-0.4, -0.2) is 10.4 Å². The molecule has 0 bridgehead atoms. The fraction of sp³-hybridized carbons (Fsp3) is 0.500. The van der Waals surface area contributed by atoms with Crippen molar-refractivity contribution in [3.8, 4) is 0 Å². The van der Waals surface area contributed by atoms with Crippen LogP contribution in [-0.2, 0) is 6.42 Å². The second kappa shape index (κ2) is 4.46. The molecule has 0 aliphatic carbocycles. The molecule has 0 N–H and O–H groups in total. The molecule has 1 heterocycles. The number of rotatable bonds is 3. The first-order valence-corrected chi connectivity index (χ1v) is 4.67. The van der Waals surface area contributed by atoms with Crippen LogP contribution in [0.15, 0.2) is 24.4 Å². The number of halogens is 1. The first kappa shape index (κ1) is 9.53. The summed E-state index contributed by atoms with van der Waals surface area (Å²) in [6, 6.07) is 5.97. The maximum Gasteiger partial charge on any atom is 0.0406 e. The van der Waals surface area contributed by atoms with Gasteiger partial charge in [-0.3, -0.25) is 4.98 Å². The Balaban J connectivity index is 2.53. The molecule has 12 heavy (non-hydrogen) atoms. The van der Waals surface area contributed by atoms with Crippen molar-refractivity contribution in [2.75, 3.05) is 0 Å². The van der Waals surface area contributed by atoms with Crippen molar-refractivity contribution in [3.05, 3.63) is 30.1 Å². The van der Waals surface area contributed by atoms with E-state index in [2.05, 4.69) is 11.9 Å². The second-order valence-corrected chi connectivity index (χ2v) is 3.87. The van der Waals surface area contributed by atoms with Gasteiger partial charge < -0.3 is 0 Å². The third-order valence-corrected chi connectivity index (χ3v) is 2.47. The van der Waals surface area contributed by atoms with E-state index in [4.69, 9.17) is 11.6 Å². The summed E-state index contributed by atoms with van der Waals surface area (Å²) < 4.78 is 0. The Morgan fingerprint density at radius 2 is 2.17 bits per heavy atom. The molecule has 0 aliphatic heterocycles. The summed E-state index contributed by atoms with van der Waals surface area (Å²) in [7, 11) is 0. The van der Waals surface area contributed by atoms with Gasteiger partial charge in [-0.15, -0.1) is 11.6 Å². The molecule has 1 nitrogen and oxygen atoms in total. The first-order valence-electron chi connectivity index (χ1n) is 4.24. The van der Waals surface area contributed by atoms with E-state index in [1.165, 1.54) is 0 Å².